The molecule has 0 spiro atoms. The third-order valence-corrected chi connectivity index (χ3v) is 2.11. The van der Waals surface area contributed by atoms with Gasteiger partial charge in [-0.05, 0) is 12.1 Å². The van der Waals surface area contributed by atoms with Gasteiger partial charge in [-0.25, -0.2) is 4.79 Å². The average molecular weight is 232 g/mol. The normalized spacial score (nSPS) is 10.0. The van der Waals surface area contributed by atoms with Crippen LogP contribution in [0.3, 0.4) is 0 Å². The van der Waals surface area contributed by atoms with Gasteiger partial charge in [-0.1, -0.05) is 17.7 Å². The maximum Gasteiger partial charge on any atom is 0.340 e. The Morgan fingerprint density at radius 3 is 2.93 bits per heavy atom. The van der Waals surface area contributed by atoms with Crippen molar-refractivity contribution in [3.8, 4) is 0 Å². The number of carbonyl (C=O) groups is 1. The van der Waals surface area contributed by atoms with E-state index in [9.17, 15) is 9.18 Å². The van der Waals surface area contributed by atoms with Crippen LogP contribution in [-0.2, 0) is 4.74 Å². The number of nitrogen functional groups attached to an aromatic ring is 1. The van der Waals surface area contributed by atoms with Crippen molar-refractivity contribution < 1.29 is 13.9 Å². The summed E-state index contributed by atoms with van der Waals surface area (Å²) >= 11 is 5.73. The van der Waals surface area contributed by atoms with Crippen LogP contribution in [0.25, 0.3) is 0 Å². The highest BCUT2D eigenvalue weighted by atomic mass is 35.5. The molecule has 2 N–H and O–H groups in total. The van der Waals surface area contributed by atoms with Gasteiger partial charge >= 0.3 is 5.97 Å². The molecule has 15 heavy (non-hydrogen) atoms. The molecule has 5 heteroatoms. The molecule has 0 heterocycles. The van der Waals surface area contributed by atoms with Gasteiger partial charge in [0.1, 0.15) is 0 Å². The van der Waals surface area contributed by atoms with Gasteiger partial charge in [-0.15, -0.1) is 0 Å². The smallest absolute Gasteiger partial charge is 0.340 e. The number of ether oxygens (including phenoxy) is 1. The lowest BCUT2D eigenvalue weighted by molar-refractivity contribution is 0.0495. The summed E-state index contributed by atoms with van der Waals surface area (Å²) in [6, 6.07) is 4.69. The van der Waals surface area contributed by atoms with Crippen LogP contribution in [0, 0.1) is 0 Å². The lowest BCUT2D eigenvalue weighted by atomic mass is 10.2. The third kappa shape index (κ3) is 3.09. The van der Waals surface area contributed by atoms with Gasteiger partial charge < -0.3 is 10.5 Å². The number of para-hydroxylation sites is 1. The number of alkyl halides is 1. The number of nitrogens with two attached hydrogens (primary N) is 1. The molecule has 82 valence electrons. The summed E-state index contributed by atoms with van der Waals surface area (Å²) in [4.78, 5) is 11.4. The second-order valence-corrected chi connectivity index (χ2v) is 3.29. The minimum Gasteiger partial charge on any atom is -0.462 e. The van der Waals surface area contributed by atoms with E-state index in [2.05, 4.69) is 0 Å². The zero-order valence-electron chi connectivity index (χ0n) is 8.00. The molecule has 0 radical (unpaired) electrons. The molecule has 0 fully saturated rings. The first-order chi connectivity index (χ1) is 7.16. The quantitative estimate of drug-likeness (QED) is 0.492. The number of halogens is 2. The van der Waals surface area contributed by atoms with Crippen molar-refractivity contribution in [2.75, 3.05) is 19.0 Å². The molecular formula is C10H11ClFNO2. The molecule has 0 aliphatic carbocycles. The van der Waals surface area contributed by atoms with E-state index in [4.69, 9.17) is 22.1 Å². The van der Waals surface area contributed by atoms with Gasteiger partial charge in [-0.2, -0.15) is 0 Å². The number of esters is 1. The molecule has 0 unspecified atom stereocenters. The van der Waals surface area contributed by atoms with E-state index in [1.54, 1.807) is 12.1 Å². The molecule has 1 aromatic carbocycles. The van der Waals surface area contributed by atoms with E-state index < -0.39 is 12.6 Å². The molecule has 0 aliphatic rings. The van der Waals surface area contributed by atoms with E-state index in [1.807, 2.05) is 0 Å². The standard InChI is InChI=1S/C10H11ClFNO2/c11-8-4-1-3-7(9(8)13)10(14)15-6-2-5-12/h1,3-4H,2,5-6,13H2. The summed E-state index contributed by atoms with van der Waals surface area (Å²) in [5, 5.41) is 0.301. The Bertz CT molecular complexity index is 357. The van der Waals surface area contributed by atoms with E-state index in [0.717, 1.165) is 0 Å². The summed E-state index contributed by atoms with van der Waals surface area (Å²) in [5.41, 5.74) is 5.98. The largest absolute Gasteiger partial charge is 0.462 e. The molecule has 0 saturated carbocycles. The summed E-state index contributed by atoms with van der Waals surface area (Å²) < 4.78 is 16.5. The fourth-order valence-electron chi connectivity index (χ4n) is 1.01. The molecule has 0 aliphatic heterocycles. The first kappa shape index (κ1) is 11.8. The van der Waals surface area contributed by atoms with Crippen LogP contribution in [0.4, 0.5) is 10.1 Å². The Labute approximate surface area is 92.0 Å². The lowest BCUT2D eigenvalue weighted by Gasteiger charge is -2.06. The van der Waals surface area contributed by atoms with Crippen molar-refractivity contribution in [3.05, 3.63) is 28.8 Å². The van der Waals surface area contributed by atoms with Crippen molar-refractivity contribution in [2.45, 2.75) is 6.42 Å². The molecule has 3 nitrogen and oxygen atoms in total. The Kier molecular flexibility index (Phi) is 4.37. The Balaban J connectivity index is 2.69. The maximum absolute atomic E-state index is 11.8. The fraction of sp³-hybridized carbons (Fsp3) is 0.300. The van der Waals surface area contributed by atoms with Crippen LogP contribution in [-0.4, -0.2) is 19.3 Å². The van der Waals surface area contributed by atoms with E-state index >= 15 is 0 Å². The Hall–Kier alpha value is -1.29. The first-order valence-corrected chi connectivity index (χ1v) is 4.81. The maximum atomic E-state index is 11.8. The SMILES string of the molecule is Nc1c(Cl)cccc1C(=O)OCCCF. The number of rotatable bonds is 4. The summed E-state index contributed by atoms with van der Waals surface area (Å²) in [6.07, 6.45) is 0.187. The van der Waals surface area contributed by atoms with Crippen molar-refractivity contribution in [2.24, 2.45) is 0 Å². The first-order valence-electron chi connectivity index (χ1n) is 4.44. The highest BCUT2D eigenvalue weighted by molar-refractivity contribution is 6.33. The van der Waals surface area contributed by atoms with Gasteiger partial charge in [0.25, 0.3) is 0 Å². The van der Waals surface area contributed by atoms with Crippen LogP contribution in [0.15, 0.2) is 18.2 Å². The van der Waals surface area contributed by atoms with E-state index in [-0.39, 0.29) is 24.3 Å². The fourth-order valence-corrected chi connectivity index (χ4v) is 1.19. The highest BCUT2D eigenvalue weighted by Crippen LogP contribution is 2.22. The number of benzene rings is 1. The highest BCUT2D eigenvalue weighted by Gasteiger charge is 2.12. The van der Waals surface area contributed by atoms with Crippen molar-refractivity contribution >= 4 is 23.3 Å². The predicted molar refractivity (Wildman–Crippen MR) is 56.7 cm³/mol. The van der Waals surface area contributed by atoms with Crippen molar-refractivity contribution in [1.82, 2.24) is 0 Å². The molecule has 0 bridgehead atoms. The Morgan fingerprint density at radius 2 is 2.27 bits per heavy atom. The van der Waals surface area contributed by atoms with E-state index in [0.29, 0.717) is 5.02 Å². The lowest BCUT2D eigenvalue weighted by Crippen LogP contribution is -2.09. The second-order valence-electron chi connectivity index (χ2n) is 2.88. The minimum atomic E-state index is -0.580. The number of anilines is 1. The number of hydrogen-bond acceptors (Lipinski definition) is 3. The average Bonchev–Trinajstić information content (AvgIpc) is 2.22. The van der Waals surface area contributed by atoms with Crippen molar-refractivity contribution in [3.63, 3.8) is 0 Å². The zero-order valence-corrected chi connectivity index (χ0v) is 8.76. The molecule has 1 rings (SSSR count). The summed E-state index contributed by atoms with van der Waals surface area (Å²) in [5.74, 6) is -0.580. The Morgan fingerprint density at radius 1 is 1.53 bits per heavy atom. The van der Waals surface area contributed by atoms with Crippen molar-refractivity contribution in [1.29, 1.82) is 0 Å². The number of hydrogen-bond donors (Lipinski definition) is 1. The second kappa shape index (κ2) is 5.56. The monoisotopic (exact) mass is 231 g/mol. The van der Waals surface area contributed by atoms with Gasteiger partial charge in [0.05, 0.1) is 29.6 Å². The summed E-state index contributed by atoms with van der Waals surface area (Å²) in [6.45, 7) is -0.473. The third-order valence-electron chi connectivity index (χ3n) is 1.78. The number of carbonyl (C=O) groups excluding carboxylic acids is 1. The van der Waals surface area contributed by atoms with Gasteiger partial charge in [0.2, 0.25) is 0 Å². The van der Waals surface area contributed by atoms with Gasteiger partial charge in [0.15, 0.2) is 0 Å². The van der Waals surface area contributed by atoms with Gasteiger partial charge in [0, 0.05) is 6.42 Å². The molecule has 1 aromatic rings. The van der Waals surface area contributed by atoms with E-state index in [1.165, 1.54) is 6.07 Å². The minimum absolute atomic E-state index is 0.0429. The topological polar surface area (TPSA) is 52.3 Å². The zero-order chi connectivity index (χ0) is 11.3. The van der Waals surface area contributed by atoms with Gasteiger partial charge in [-0.3, -0.25) is 4.39 Å². The van der Waals surface area contributed by atoms with Crippen LogP contribution < -0.4 is 5.73 Å². The van der Waals surface area contributed by atoms with Crippen LogP contribution in [0.5, 0.6) is 0 Å². The van der Waals surface area contributed by atoms with Crippen LogP contribution >= 0.6 is 11.6 Å². The molecule has 0 aromatic heterocycles. The molecule has 0 amide bonds. The molecule has 0 saturated heterocycles. The van der Waals surface area contributed by atoms with Crippen LogP contribution in [0.1, 0.15) is 16.8 Å². The van der Waals surface area contributed by atoms with Crippen LogP contribution in [0.2, 0.25) is 5.02 Å². The molecule has 0 atom stereocenters. The molecular weight excluding hydrogens is 221 g/mol. The summed E-state index contributed by atoms with van der Waals surface area (Å²) in [7, 11) is 0. The predicted octanol–water partition coefficient (Wildman–Crippen LogP) is 2.44.